The minimum absolute atomic E-state index is 0.128. The van der Waals surface area contributed by atoms with E-state index in [-0.39, 0.29) is 17.7 Å². The van der Waals surface area contributed by atoms with Gasteiger partial charge in [0.2, 0.25) is 0 Å². The first-order valence-electron chi connectivity index (χ1n) is 8.64. The molecule has 1 heterocycles. The van der Waals surface area contributed by atoms with Gasteiger partial charge in [-0.15, -0.1) is 0 Å². The number of nitro groups is 1. The Morgan fingerprint density at radius 3 is 2.43 bits per heavy atom. The molecule has 0 bridgehead atoms. The third kappa shape index (κ3) is 5.53. The van der Waals surface area contributed by atoms with Crippen molar-refractivity contribution in [2.75, 3.05) is 7.11 Å². The number of rotatable bonds is 8. The smallest absolute Gasteiger partial charge is 0.407 e. The van der Waals surface area contributed by atoms with Gasteiger partial charge in [0.25, 0.3) is 17.5 Å². The fraction of sp³-hybridized carbons (Fsp3) is 0.333. The zero-order valence-electron chi connectivity index (χ0n) is 16.4. The number of nitro benzene ring substituents is 1. The molecule has 30 heavy (non-hydrogen) atoms. The van der Waals surface area contributed by atoms with Gasteiger partial charge in [0, 0.05) is 24.3 Å². The first-order valence-corrected chi connectivity index (χ1v) is 8.64. The molecule has 0 radical (unpaired) electrons. The minimum atomic E-state index is -0.931. The molecule has 1 aliphatic heterocycles. The van der Waals surface area contributed by atoms with Crippen LogP contribution in [0, 0.1) is 17.0 Å². The van der Waals surface area contributed by atoms with Crippen molar-refractivity contribution >= 4 is 29.6 Å². The van der Waals surface area contributed by atoms with Crippen LogP contribution in [0.2, 0.25) is 0 Å². The van der Waals surface area contributed by atoms with Crippen molar-refractivity contribution in [2.24, 2.45) is 0 Å². The van der Waals surface area contributed by atoms with Gasteiger partial charge in [-0.25, -0.2) is 9.59 Å². The summed E-state index contributed by atoms with van der Waals surface area (Å²) in [6.07, 6.45) is 0.617. The van der Waals surface area contributed by atoms with Crippen LogP contribution in [-0.2, 0) is 30.6 Å². The average Bonchev–Trinajstić information content (AvgIpc) is 2.98. The molecule has 12 heteroatoms. The number of carbonyl (C=O) groups excluding carboxylic acids is 4. The highest BCUT2D eigenvalue weighted by atomic mass is 16.7. The van der Waals surface area contributed by atoms with Crippen LogP contribution in [-0.4, -0.2) is 47.0 Å². The molecule has 0 aromatic heterocycles. The van der Waals surface area contributed by atoms with E-state index in [2.05, 4.69) is 10.2 Å². The van der Waals surface area contributed by atoms with Crippen LogP contribution in [0.1, 0.15) is 24.5 Å². The fourth-order valence-electron chi connectivity index (χ4n) is 2.52. The molecule has 0 saturated carbocycles. The molecule has 160 valence electrons. The highest BCUT2D eigenvalue weighted by Crippen LogP contribution is 2.28. The lowest BCUT2D eigenvalue weighted by molar-refractivity contribution is -0.385. The highest BCUT2D eigenvalue weighted by molar-refractivity contribution is 6.12. The van der Waals surface area contributed by atoms with Crippen LogP contribution in [0.5, 0.6) is 5.75 Å². The number of methoxy groups -OCH3 is 1. The largest absolute Gasteiger partial charge is 0.496 e. The van der Waals surface area contributed by atoms with E-state index in [4.69, 9.17) is 9.47 Å². The van der Waals surface area contributed by atoms with E-state index >= 15 is 0 Å². The van der Waals surface area contributed by atoms with Gasteiger partial charge in [0.05, 0.1) is 24.0 Å². The normalized spacial score (nSPS) is 13.8. The lowest BCUT2D eigenvalue weighted by Gasteiger charge is -2.16. The Balaban J connectivity index is 1.88. The third-order valence-electron chi connectivity index (χ3n) is 3.95. The van der Waals surface area contributed by atoms with Gasteiger partial charge >= 0.3 is 12.1 Å². The molecule has 1 aliphatic rings. The molecule has 12 nitrogen and oxygen atoms in total. The second-order valence-electron chi connectivity index (χ2n) is 6.30. The van der Waals surface area contributed by atoms with Crippen molar-refractivity contribution in [2.45, 2.75) is 32.9 Å². The standard InChI is InChI=1S/C18H19N3O9/c1-10-6-13(21(26)27)12(8-14(10)28-3)9-29-18(25)19-11(2)7-17(24)30-20-15(22)4-5-16(20)23/h4-6,8,11H,7,9H2,1-3H3,(H,19,25). The van der Waals surface area contributed by atoms with Gasteiger partial charge in [0.15, 0.2) is 0 Å². The van der Waals surface area contributed by atoms with Gasteiger partial charge in [-0.05, 0) is 25.5 Å². The van der Waals surface area contributed by atoms with Crippen molar-refractivity contribution in [3.8, 4) is 5.75 Å². The van der Waals surface area contributed by atoms with Crippen LogP contribution in [0.4, 0.5) is 10.5 Å². The van der Waals surface area contributed by atoms with E-state index in [1.807, 2.05) is 0 Å². The van der Waals surface area contributed by atoms with Crippen LogP contribution < -0.4 is 10.1 Å². The molecular formula is C18H19N3O9. The molecule has 0 saturated heterocycles. The van der Waals surface area contributed by atoms with Gasteiger partial charge in [-0.3, -0.25) is 19.7 Å². The number of hydrogen-bond donors (Lipinski definition) is 1. The molecule has 1 aromatic rings. The van der Waals surface area contributed by atoms with Crippen LogP contribution in [0.25, 0.3) is 0 Å². The van der Waals surface area contributed by atoms with Crippen molar-refractivity contribution in [1.82, 2.24) is 10.4 Å². The summed E-state index contributed by atoms with van der Waals surface area (Å²) in [5, 5.41) is 13.9. The number of nitrogens with zero attached hydrogens (tertiary/aromatic N) is 2. The number of imide groups is 1. The van der Waals surface area contributed by atoms with Gasteiger partial charge in [0.1, 0.15) is 12.4 Å². The van der Waals surface area contributed by atoms with Crippen LogP contribution in [0.3, 0.4) is 0 Å². The lowest BCUT2D eigenvalue weighted by Crippen LogP contribution is -2.38. The fourth-order valence-corrected chi connectivity index (χ4v) is 2.52. The maximum atomic E-state index is 11.9. The van der Waals surface area contributed by atoms with Crippen LogP contribution >= 0.6 is 0 Å². The number of hydroxylamine groups is 2. The maximum absolute atomic E-state index is 11.9. The van der Waals surface area contributed by atoms with E-state index in [1.54, 1.807) is 6.92 Å². The van der Waals surface area contributed by atoms with Gasteiger partial charge in [-0.2, -0.15) is 0 Å². The number of amides is 3. The highest BCUT2D eigenvalue weighted by Gasteiger charge is 2.28. The summed E-state index contributed by atoms with van der Waals surface area (Å²) in [7, 11) is 1.41. The Morgan fingerprint density at radius 2 is 1.87 bits per heavy atom. The molecule has 3 amide bonds. The lowest BCUT2D eigenvalue weighted by atomic mass is 10.1. The number of benzene rings is 1. The zero-order chi connectivity index (χ0) is 22.4. The second kappa shape index (κ2) is 9.49. The minimum Gasteiger partial charge on any atom is -0.496 e. The van der Waals surface area contributed by atoms with Crippen molar-refractivity contribution in [1.29, 1.82) is 0 Å². The molecular weight excluding hydrogens is 402 g/mol. The molecule has 1 N–H and O–H groups in total. The van der Waals surface area contributed by atoms with Crippen molar-refractivity contribution in [3.63, 3.8) is 0 Å². The molecule has 1 atom stereocenters. The predicted octanol–water partition coefficient (Wildman–Crippen LogP) is 1.30. The van der Waals surface area contributed by atoms with E-state index < -0.39 is 41.4 Å². The number of carbonyl (C=O) groups is 4. The van der Waals surface area contributed by atoms with Crippen LogP contribution in [0.15, 0.2) is 24.3 Å². The Hall–Kier alpha value is -3.96. The van der Waals surface area contributed by atoms with Gasteiger partial charge < -0.3 is 19.6 Å². The Kier molecular flexibility index (Phi) is 7.07. The summed E-state index contributed by atoms with van der Waals surface area (Å²) in [6, 6.07) is 1.94. The number of alkyl carbamates (subject to hydrolysis) is 1. The first-order chi connectivity index (χ1) is 14.1. The number of hydrogen-bond acceptors (Lipinski definition) is 9. The first kappa shape index (κ1) is 22.3. The summed E-state index contributed by atoms with van der Waals surface area (Å²) in [4.78, 5) is 61.7. The third-order valence-corrected chi connectivity index (χ3v) is 3.95. The predicted molar refractivity (Wildman–Crippen MR) is 98.9 cm³/mol. The molecule has 0 spiro atoms. The quantitative estimate of drug-likeness (QED) is 0.371. The Labute approximate surface area is 170 Å². The molecule has 1 aromatic carbocycles. The number of nitrogens with one attached hydrogen (secondary N) is 1. The molecule has 2 rings (SSSR count). The summed E-state index contributed by atoms with van der Waals surface area (Å²) in [5.41, 5.74) is 0.448. The van der Waals surface area contributed by atoms with Crippen molar-refractivity contribution < 1.29 is 38.4 Å². The van der Waals surface area contributed by atoms with E-state index in [0.717, 1.165) is 12.2 Å². The number of ether oxygens (including phenoxy) is 2. The monoisotopic (exact) mass is 421 g/mol. The number of aryl methyl sites for hydroxylation is 1. The SMILES string of the molecule is COc1cc(COC(=O)NC(C)CC(=O)ON2C(=O)C=CC2=O)c([N+](=O)[O-])cc1C. The summed E-state index contributed by atoms with van der Waals surface area (Å²) < 4.78 is 10.1. The molecule has 0 fully saturated rings. The molecule has 1 unspecified atom stereocenters. The van der Waals surface area contributed by atoms with Gasteiger partial charge in [-0.1, -0.05) is 5.06 Å². The second-order valence-corrected chi connectivity index (χ2v) is 6.30. The summed E-state index contributed by atoms with van der Waals surface area (Å²) in [6.45, 7) is 2.70. The maximum Gasteiger partial charge on any atom is 0.407 e. The Morgan fingerprint density at radius 1 is 1.23 bits per heavy atom. The summed E-state index contributed by atoms with van der Waals surface area (Å²) in [5.74, 6) is -2.10. The van der Waals surface area contributed by atoms with E-state index in [1.165, 1.54) is 26.2 Å². The topological polar surface area (TPSA) is 154 Å². The Bertz CT molecular complexity index is 908. The summed E-state index contributed by atoms with van der Waals surface area (Å²) >= 11 is 0. The van der Waals surface area contributed by atoms with Crippen molar-refractivity contribution in [3.05, 3.63) is 45.5 Å². The van der Waals surface area contributed by atoms with E-state index in [9.17, 15) is 29.3 Å². The molecule has 0 aliphatic carbocycles. The van der Waals surface area contributed by atoms with E-state index in [0.29, 0.717) is 16.4 Å². The zero-order valence-corrected chi connectivity index (χ0v) is 16.4. The average molecular weight is 421 g/mol.